The Bertz CT molecular complexity index is 808. The number of benzene rings is 1. The highest BCUT2D eigenvalue weighted by molar-refractivity contribution is 6.06. The number of methoxy groups -OCH3 is 2. The number of hydrogen-bond donors (Lipinski definition) is 2. The number of ether oxygens (including phenoxy) is 2. The van der Waals surface area contributed by atoms with Gasteiger partial charge in [0.25, 0.3) is 5.91 Å². The third-order valence-electron chi connectivity index (χ3n) is 3.24. The number of carbonyl (C=O) groups is 2. The van der Waals surface area contributed by atoms with E-state index in [0.29, 0.717) is 22.9 Å². The van der Waals surface area contributed by atoms with Gasteiger partial charge in [0.2, 0.25) is 5.91 Å². The molecule has 2 N–H and O–H groups in total. The molecular formula is C17H19N5O4. The largest absolute Gasteiger partial charge is 0.497 e. The van der Waals surface area contributed by atoms with E-state index in [2.05, 4.69) is 25.8 Å². The molecule has 2 amide bonds. The van der Waals surface area contributed by atoms with Gasteiger partial charge in [0, 0.05) is 24.2 Å². The Balaban J connectivity index is 1.93. The number of hydrazone groups is 1. The Morgan fingerprint density at radius 2 is 2.00 bits per heavy atom. The molecule has 9 heteroatoms. The maximum Gasteiger partial charge on any atom is 0.291 e. The molecule has 0 aliphatic carbocycles. The van der Waals surface area contributed by atoms with Gasteiger partial charge in [-0.2, -0.15) is 5.10 Å². The SMILES string of the molecule is COc1ccc(NC(=O)C/C(C)=N\NC(=O)c2cnccn2)c(OC)c1. The fourth-order valence-corrected chi connectivity index (χ4v) is 1.99. The van der Waals surface area contributed by atoms with Crippen LogP contribution in [0.2, 0.25) is 0 Å². The summed E-state index contributed by atoms with van der Waals surface area (Å²) in [6, 6.07) is 5.05. The normalized spacial score (nSPS) is 10.8. The van der Waals surface area contributed by atoms with Gasteiger partial charge in [-0.05, 0) is 19.1 Å². The molecule has 2 rings (SSSR count). The highest BCUT2D eigenvalue weighted by Crippen LogP contribution is 2.29. The van der Waals surface area contributed by atoms with Crippen LogP contribution < -0.4 is 20.2 Å². The number of amides is 2. The van der Waals surface area contributed by atoms with Gasteiger partial charge in [-0.15, -0.1) is 0 Å². The molecule has 0 radical (unpaired) electrons. The van der Waals surface area contributed by atoms with Crippen LogP contribution in [0.1, 0.15) is 23.8 Å². The maximum atomic E-state index is 12.1. The minimum absolute atomic E-state index is 0.00404. The predicted molar refractivity (Wildman–Crippen MR) is 95.4 cm³/mol. The predicted octanol–water partition coefficient (Wildman–Crippen LogP) is 1.63. The maximum absolute atomic E-state index is 12.1. The summed E-state index contributed by atoms with van der Waals surface area (Å²) in [5, 5.41) is 6.62. The average Bonchev–Trinajstić information content (AvgIpc) is 2.67. The molecule has 0 saturated heterocycles. The van der Waals surface area contributed by atoms with Gasteiger partial charge in [0.1, 0.15) is 17.2 Å². The van der Waals surface area contributed by atoms with Crippen LogP contribution in [0.25, 0.3) is 0 Å². The van der Waals surface area contributed by atoms with Crippen LogP contribution in [0.3, 0.4) is 0 Å². The zero-order chi connectivity index (χ0) is 18.9. The molecule has 9 nitrogen and oxygen atoms in total. The first-order chi connectivity index (χ1) is 12.5. The summed E-state index contributed by atoms with van der Waals surface area (Å²) < 4.78 is 10.3. The second-order valence-electron chi connectivity index (χ2n) is 5.17. The van der Waals surface area contributed by atoms with Crippen molar-refractivity contribution in [3.05, 3.63) is 42.5 Å². The molecule has 0 fully saturated rings. The molecule has 2 aromatic rings. The molecule has 0 unspecified atom stereocenters. The first-order valence-corrected chi connectivity index (χ1v) is 7.65. The van der Waals surface area contributed by atoms with Crippen molar-refractivity contribution in [1.29, 1.82) is 0 Å². The van der Waals surface area contributed by atoms with E-state index in [0.717, 1.165) is 0 Å². The van der Waals surface area contributed by atoms with Crippen molar-refractivity contribution in [3.63, 3.8) is 0 Å². The number of nitrogens with zero attached hydrogens (tertiary/aromatic N) is 3. The van der Waals surface area contributed by atoms with E-state index in [4.69, 9.17) is 9.47 Å². The lowest BCUT2D eigenvalue weighted by molar-refractivity contribution is -0.115. The number of aromatic nitrogens is 2. The molecule has 136 valence electrons. The van der Waals surface area contributed by atoms with Gasteiger partial charge in [0.05, 0.1) is 32.5 Å². The number of carbonyl (C=O) groups excluding carboxylic acids is 2. The summed E-state index contributed by atoms with van der Waals surface area (Å²) in [5.74, 6) is 0.283. The van der Waals surface area contributed by atoms with Crippen molar-refractivity contribution in [2.45, 2.75) is 13.3 Å². The average molecular weight is 357 g/mol. The van der Waals surface area contributed by atoms with Gasteiger partial charge in [-0.25, -0.2) is 10.4 Å². The van der Waals surface area contributed by atoms with E-state index in [-0.39, 0.29) is 18.0 Å². The van der Waals surface area contributed by atoms with Crippen LogP contribution in [0.4, 0.5) is 5.69 Å². The second-order valence-corrected chi connectivity index (χ2v) is 5.17. The zero-order valence-electron chi connectivity index (χ0n) is 14.6. The Hall–Kier alpha value is -3.49. The topological polar surface area (TPSA) is 115 Å². The number of nitrogens with one attached hydrogen (secondary N) is 2. The van der Waals surface area contributed by atoms with Gasteiger partial charge < -0.3 is 14.8 Å². The summed E-state index contributed by atoms with van der Waals surface area (Å²) in [4.78, 5) is 31.6. The van der Waals surface area contributed by atoms with Crippen molar-refractivity contribution in [2.24, 2.45) is 5.10 Å². The molecule has 1 aromatic carbocycles. The quantitative estimate of drug-likeness (QED) is 0.575. The lowest BCUT2D eigenvalue weighted by Gasteiger charge is -2.11. The summed E-state index contributed by atoms with van der Waals surface area (Å²) in [7, 11) is 3.04. The summed E-state index contributed by atoms with van der Waals surface area (Å²) in [5.41, 5.74) is 3.40. The van der Waals surface area contributed by atoms with Crippen LogP contribution in [-0.4, -0.2) is 41.7 Å². The van der Waals surface area contributed by atoms with Crippen molar-refractivity contribution in [1.82, 2.24) is 15.4 Å². The summed E-state index contributed by atoms with van der Waals surface area (Å²) in [6.45, 7) is 1.63. The van der Waals surface area contributed by atoms with Gasteiger partial charge >= 0.3 is 0 Å². The third-order valence-corrected chi connectivity index (χ3v) is 3.24. The van der Waals surface area contributed by atoms with Gasteiger partial charge in [-0.3, -0.25) is 14.6 Å². The minimum atomic E-state index is -0.505. The molecule has 1 aromatic heterocycles. The number of rotatable bonds is 7. The van der Waals surface area contributed by atoms with Crippen LogP contribution in [0, 0.1) is 0 Å². The molecule has 0 spiro atoms. The van der Waals surface area contributed by atoms with E-state index in [1.54, 1.807) is 32.2 Å². The molecule has 0 bridgehead atoms. The Kier molecular flexibility index (Phi) is 6.60. The van der Waals surface area contributed by atoms with Crippen molar-refractivity contribution in [3.8, 4) is 11.5 Å². The molecule has 0 aliphatic heterocycles. The summed E-state index contributed by atoms with van der Waals surface area (Å²) >= 11 is 0. The van der Waals surface area contributed by atoms with E-state index >= 15 is 0 Å². The minimum Gasteiger partial charge on any atom is -0.497 e. The molecule has 0 saturated carbocycles. The molecule has 0 aliphatic rings. The van der Waals surface area contributed by atoms with E-state index in [1.807, 2.05) is 0 Å². The Morgan fingerprint density at radius 3 is 2.65 bits per heavy atom. The molecule has 1 heterocycles. The summed E-state index contributed by atoms with van der Waals surface area (Å²) in [6.07, 6.45) is 4.18. The fourth-order valence-electron chi connectivity index (χ4n) is 1.99. The molecule has 0 atom stereocenters. The van der Waals surface area contributed by atoms with Crippen LogP contribution in [0.5, 0.6) is 11.5 Å². The Labute approximate surface area is 150 Å². The van der Waals surface area contributed by atoms with Crippen molar-refractivity contribution in [2.75, 3.05) is 19.5 Å². The second kappa shape index (κ2) is 9.11. The van der Waals surface area contributed by atoms with Crippen LogP contribution in [-0.2, 0) is 4.79 Å². The monoisotopic (exact) mass is 357 g/mol. The first-order valence-electron chi connectivity index (χ1n) is 7.65. The molecular weight excluding hydrogens is 338 g/mol. The van der Waals surface area contributed by atoms with E-state index in [9.17, 15) is 9.59 Å². The zero-order valence-corrected chi connectivity index (χ0v) is 14.6. The highest BCUT2D eigenvalue weighted by atomic mass is 16.5. The molecule has 26 heavy (non-hydrogen) atoms. The van der Waals surface area contributed by atoms with Crippen LogP contribution >= 0.6 is 0 Å². The first kappa shape index (κ1) is 18.8. The van der Waals surface area contributed by atoms with E-state index < -0.39 is 5.91 Å². The van der Waals surface area contributed by atoms with Crippen molar-refractivity contribution >= 4 is 23.2 Å². The Morgan fingerprint density at radius 1 is 1.19 bits per heavy atom. The standard InChI is InChI=1S/C17H19N5O4/c1-11(21-22-17(24)14-10-18-6-7-19-14)8-16(23)20-13-5-4-12(25-2)9-15(13)26-3/h4-7,9-10H,8H2,1-3H3,(H,20,23)(H,22,24)/b21-11-. The highest BCUT2D eigenvalue weighted by Gasteiger charge is 2.11. The lowest BCUT2D eigenvalue weighted by Crippen LogP contribution is -2.22. The van der Waals surface area contributed by atoms with Gasteiger partial charge in [-0.1, -0.05) is 0 Å². The number of hydrogen-bond acceptors (Lipinski definition) is 7. The van der Waals surface area contributed by atoms with Crippen molar-refractivity contribution < 1.29 is 19.1 Å². The fraction of sp³-hybridized carbons (Fsp3) is 0.235. The third kappa shape index (κ3) is 5.26. The smallest absolute Gasteiger partial charge is 0.291 e. The van der Waals surface area contributed by atoms with Gasteiger partial charge in [0.15, 0.2) is 0 Å². The van der Waals surface area contributed by atoms with Crippen LogP contribution in [0.15, 0.2) is 41.9 Å². The van der Waals surface area contributed by atoms with E-state index in [1.165, 1.54) is 25.7 Å². The number of anilines is 1. The lowest BCUT2D eigenvalue weighted by atomic mass is 10.2.